The summed E-state index contributed by atoms with van der Waals surface area (Å²) in [6.45, 7) is 2.06. The minimum absolute atomic E-state index is 1.16. The van der Waals surface area contributed by atoms with Crippen molar-refractivity contribution in [3.63, 3.8) is 0 Å². The van der Waals surface area contributed by atoms with Crippen molar-refractivity contribution in [3.05, 3.63) is 0 Å². The van der Waals surface area contributed by atoms with Crippen molar-refractivity contribution in [2.75, 3.05) is 0 Å². The van der Waals surface area contributed by atoms with E-state index >= 15 is 0 Å². The van der Waals surface area contributed by atoms with E-state index in [1.807, 2.05) is 6.21 Å². The zero-order chi connectivity index (χ0) is 4.41. The van der Waals surface area contributed by atoms with Crippen molar-refractivity contribution < 1.29 is 0 Å². The van der Waals surface area contributed by atoms with Crippen LogP contribution < -0.4 is 4.67 Å². The van der Waals surface area contributed by atoms with E-state index in [0.29, 0.717) is 0 Å². The maximum absolute atomic E-state index is 4.03. The predicted molar refractivity (Wildman–Crippen MR) is 28.1 cm³/mol. The average Bonchev–Trinajstić information content (AvgIpc) is 1.86. The summed E-state index contributed by atoms with van der Waals surface area (Å²) in [6.07, 6.45) is 4.31. The minimum Gasteiger partial charge on any atom is -0.107 e. The Labute approximate surface area is 37.4 Å². The molecule has 1 rings (SSSR count). The van der Waals surface area contributed by atoms with E-state index in [-0.39, 0.29) is 0 Å². The normalized spacial score (nSPS) is 18.5. The molecule has 0 spiro atoms. The summed E-state index contributed by atoms with van der Waals surface area (Å²) in [5.74, 6) is 0. The van der Waals surface area contributed by atoms with Crippen LogP contribution in [-0.2, 0) is 0 Å². The van der Waals surface area contributed by atoms with E-state index in [9.17, 15) is 0 Å². The highest BCUT2D eigenvalue weighted by Gasteiger charge is 2.05. The topological polar surface area (TPSA) is 14.1 Å². The molecule has 1 aliphatic heterocycles. The summed E-state index contributed by atoms with van der Waals surface area (Å²) >= 11 is 0. The summed E-state index contributed by atoms with van der Waals surface area (Å²) in [5.41, 5.74) is 1.27. The average molecular weight is 82.1 g/mol. The van der Waals surface area contributed by atoms with Crippen LogP contribution in [0.1, 0.15) is 19.8 Å². The highest BCUT2D eigenvalue weighted by atomic mass is 14.6. The van der Waals surface area contributed by atoms with Gasteiger partial charge in [-0.05, 0) is 0 Å². The number of hydrogen-bond donors (Lipinski definition) is 0. The quantitative estimate of drug-likeness (QED) is 0.375. The second kappa shape index (κ2) is 1.27. The molecule has 6 heavy (non-hydrogen) atoms. The van der Waals surface area contributed by atoms with Crippen molar-refractivity contribution in [2.24, 2.45) is 0 Å². The van der Waals surface area contributed by atoms with Gasteiger partial charge in [-0.15, -0.1) is 4.67 Å². The van der Waals surface area contributed by atoms with E-state index in [2.05, 4.69) is 11.6 Å². The van der Waals surface area contributed by atoms with E-state index in [1.54, 1.807) is 0 Å². The smallest absolute Gasteiger partial charge is 0.107 e. The third kappa shape index (κ3) is 0.498. The lowest BCUT2D eigenvalue weighted by Gasteiger charge is -1.63. The second-order valence-electron chi connectivity index (χ2n) is 1.59. The summed E-state index contributed by atoms with van der Waals surface area (Å²) in [5, 5.41) is 0. The number of nitrogens with zero attached hydrogens (tertiary/aromatic N) is 1. The Morgan fingerprint density at radius 3 is 2.83 bits per heavy atom. The molecule has 0 saturated heterocycles. The van der Waals surface area contributed by atoms with Gasteiger partial charge in [-0.1, -0.05) is 0 Å². The maximum atomic E-state index is 4.03. The Morgan fingerprint density at radius 2 is 2.67 bits per heavy atom. The lowest BCUT2D eigenvalue weighted by molar-refractivity contribution is 1.20. The van der Waals surface area contributed by atoms with Crippen LogP contribution in [0.3, 0.4) is 0 Å². The summed E-state index contributed by atoms with van der Waals surface area (Å²) in [4.78, 5) is 0. The fraction of sp³-hybridized carbons (Fsp3) is 0.600. The molecule has 0 aromatic rings. The molecule has 0 unspecified atom stereocenters. The van der Waals surface area contributed by atoms with Gasteiger partial charge in [0.05, 0.1) is 12.8 Å². The molecular weight excluding hydrogens is 74.1 g/mol. The highest BCUT2D eigenvalue weighted by molar-refractivity contribution is 5.89. The van der Waals surface area contributed by atoms with Crippen LogP contribution in [0.5, 0.6) is 0 Å². The van der Waals surface area contributed by atoms with Crippen LogP contribution in [0.2, 0.25) is 0 Å². The summed E-state index contributed by atoms with van der Waals surface area (Å²) in [6, 6.07) is 0. The van der Waals surface area contributed by atoms with Gasteiger partial charge in [0.1, 0.15) is 0 Å². The Hall–Kier alpha value is -0.550. The fourth-order valence-electron chi connectivity index (χ4n) is 0.558. The van der Waals surface area contributed by atoms with Crippen molar-refractivity contribution in [1.82, 2.24) is 4.67 Å². The van der Waals surface area contributed by atoms with E-state index in [0.717, 1.165) is 6.42 Å². The van der Waals surface area contributed by atoms with Crippen LogP contribution in [0.15, 0.2) is 0 Å². The monoisotopic (exact) mass is 82.1 g/mol. The first-order chi connectivity index (χ1) is 2.89. The summed E-state index contributed by atoms with van der Waals surface area (Å²) in [7, 11) is 0. The zero-order valence-corrected chi connectivity index (χ0v) is 3.94. The Bertz CT molecular complexity index is 107. The zero-order valence-electron chi connectivity index (χ0n) is 3.94. The molecule has 0 radical (unpaired) electrons. The first-order valence-electron chi connectivity index (χ1n) is 2.24. The van der Waals surface area contributed by atoms with Gasteiger partial charge in [-0.2, -0.15) is 0 Å². The largest absolute Gasteiger partial charge is 0.277 e. The van der Waals surface area contributed by atoms with E-state index in [1.165, 1.54) is 12.1 Å². The van der Waals surface area contributed by atoms with E-state index in [4.69, 9.17) is 0 Å². The molecule has 0 aromatic heterocycles. The number of rotatable bonds is 0. The lowest BCUT2D eigenvalue weighted by atomic mass is 10.3. The van der Waals surface area contributed by atoms with Gasteiger partial charge < -0.3 is 0 Å². The van der Waals surface area contributed by atoms with E-state index < -0.39 is 0 Å². The molecule has 1 heterocycles. The summed E-state index contributed by atoms with van der Waals surface area (Å²) < 4.78 is 4.03. The van der Waals surface area contributed by atoms with Crippen molar-refractivity contribution in [1.29, 1.82) is 0 Å². The Morgan fingerprint density at radius 1 is 1.83 bits per heavy atom. The number of hydrogen-bond acceptors (Lipinski definition) is 0. The molecule has 1 heteroatoms. The van der Waals surface area contributed by atoms with Gasteiger partial charge in [0.2, 0.25) is 0 Å². The van der Waals surface area contributed by atoms with Crippen LogP contribution >= 0.6 is 0 Å². The molecule has 1 aliphatic rings. The molecule has 0 N–H and O–H groups in total. The first kappa shape index (κ1) is 3.63. The molecule has 0 saturated carbocycles. The van der Waals surface area contributed by atoms with Crippen molar-refractivity contribution in [3.8, 4) is 0 Å². The van der Waals surface area contributed by atoms with Gasteiger partial charge in [-0.25, -0.2) is 0 Å². The first-order valence-corrected chi connectivity index (χ1v) is 2.24. The molecule has 0 aliphatic carbocycles. The third-order valence-electron chi connectivity index (χ3n) is 0.947. The van der Waals surface area contributed by atoms with Gasteiger partial charge >= 0.3 is 0 Å². The fourth-order valence-corrected chi connectivity index (χ4v) is 0.558. The predicted octanol–water partition coefficient (Wildman–Crippen LogP) is 0.379. The van der Waals surface area contributed by atoms with Gasteiger partial charge in [0.15, 0.2) is 0 Å². The molecule has 0 amide bonds. The van der Waals surface area contributed by atoms with Crippen LogP contribution in [-0.4, -0.2) is 11.9 Å². The second-order valence-corrected chi connectivity index (χ2v) is 1.59. The van der Waals surface area contributed by atoms with Crippen LogP contribution in [0.4, 0.5) is 0 Å². The molecule has 0 fully saturated rings. The van der Waals surface area contributed by atoms with Crippen molar-refractivity contribution >= 4 is 11.9 Å². The van der Waals surface area contributed by atoms with Gasteiger partial charge in [0.25, 0.3) is 11.9 Å². The standard InChI is InChI=1S/C5H8N/c1-5-3-2-4-6-5/h4H,2-3H2,1H3/q+1. The van der Waals surface area contributed by atoms with Crippen LogP contribution in [0.25, 0.3) is 0 Å². The Kier molecular flexibility index (Phi) is 0.771. The third-order valence-corrected chi connectivity index (χ3v) is 0.947. The van der Waals surface area contributed by atoms with Crippen LogP contribution in [0, 0.1) is 0 Å². The molecule has 1 nitrogen and oxygen atoms in total. The Balaban J connectivity index is 2.71. The van der Waals surface area contributed by atoms with Crippen molar-refractivity contribution in [2.45, 2.75) is 19.8 Å². The maximum Gasteiger partial charge on any atom is 0.277 e. The van der Waals surface area contributed by atoms with Gasteiger partial charge in [-0.3, -0.25) is 0 Å². The minimum atomic E-state index is 1.16. The molecular formula is C5H8N+. The molecule has 0 aromatic carbocycles. The highest BCUT2D eigenvalue weighted by Crippen LogP contribution is 1.87. The molecule has 0 atom stereocenters. The molecule has 0 bridgehead atoms. The molecule has 32 valence electrons. The SMILES string of the molecule is CC1=[N+]=CCC1. The lowest BCUT2D eigenvalue weighted by Crippen LogP contribution is -1.83. The van der Waals surface area contributed by atoms with Gasteiger partial charge in [0, 0.05) is 6.92 Å².